The maximum Gasteiger partial charge on any atom is 0.191 e. The van der Waals surface area contributed by atoms with E-state index in [1.54, 1.807) is 0 Å². The highest BCUT2D eigenvalue weighted by molar-refractivity contribution is 14.0. The fraction of sp³-hybridized carbons (Fsp3) is 0.800. The van der Waals surface area contributed by atoms with Crippen LogP contribution in [0.4, 0.5) is 0 Å². The van der Waals surface area contributed by atoms with Crippen molar-refractivity contribution in [1.82, 2.24) is 25.4 Å². The number of guanidine groups is 1. The third-order valence-electron chi connectivity index (χ3n) is 4.21. The van der Waals surface area contributed by atoms with E-state index >= 15 is 0 Å². The van der Waals surface area contributed by atoms with Gasteiger partial charge in [0.25, 0.3) is 0 Å². The molecule has 2 N–H and O–H groups in total. The molecule has 2 unspecified atom stereocenters. The van der Waals surface area contributed by atoms with Gasteiger partial charge in [0, 0.05) is 24.9 Å². The van der Waals surface area contributed by atoms with Crippen molar-refractivity contribution in [3.63, 3.8) is 0 Å². The minimum absolute atomic E-state index is 0. The van der Waals surface area contributed by atoms with Crippen LogP contribution in [-0.4, -0.2) is 44.8 Å². The maximum atomic E-state index is 4.67. The van der Waals surface area contributed by atoms with E-state index in [4.69, 9.17) is 0 Å². The van der Waals surface area contributed by atoms with Crippen LogP contribution < -0.4 is 10.6 Å². The van der Waals surface area contributed by atoms with Gasteiger partial charge in [-0.2, -0.15) is 11.8 Å². The molecule has 2 atom stereocenters. The highest BCUT2D eigenvalue weighted by atomic mass is 127. The minimum Gasteiger partial charge on any atom is -0.357 e. The number of aryl methyl sites for hydroxylation is 1. The lowest BCUT2D eigenvalue weighted by molar-refractivity contribution is 0.419. The maximum absolute atomic E-state index is 4.67. The Kier molecular flexibility index (Phi) is 9.26. The summed E-state index contributed by atoms with van der Waals surface area (Å²) < 4.78 is 1.98. The number of halogens is 1. The van der Waals surface area contributed by atoms with Crippen molar-refractivity contribution in [3.8, 4) is 0 Å². The van der Waals surface area contributed by atoms with Crippen LogP contribution in [0.15, 0.2) is 4.99 Å². The number of hydrogen-bond acceptors (Lipinski definition) is 4. The second kappa shape index (κ2) is 10.4. The fourth-order valence-corrected chi connectivity index (χ4v) is 3.57. The van der Waals surface area contributed by atoms with Crippen LogP contribution in [0.25, 0.3) is 0 Å². The Hall–Kier alpha value is -0.510. The molecule has 23 heavy (non-hydrogen) atoms. The molecular formula is C15H29IN6S. The average molecular weight is 452 g/mol. The molecule has 1 fully saturated rings. The van der Waals surface area contributed by atoms with Gasteiger partial charge in [-0.15, -0.1) is 34.2 Å². The van der Waals surface area contributed by atoms with E-state index in [0.29, 0.717) is 12.6 Å². The van der Waals surface area contributed by atoms with Crippen molar-refractivity contribution >= 4 is 41.7 Å². The molecule has 0 saturated heterocycles. The first-order valence-electron chi connectivity index (χ1n) is 8.06. The molecule has 1 aromatic heterocycles. The van der Waals surface area contributed by atoms with Crippen LogP contribution in [0.2, 0.25) is 0 Å². The van der Waals surface area contributed by atoms with E-state index in [1.165, 1.54) is 25.7 Å². The summed E-state index contributed by atoms with van der Waals surface area (Å²) in [5.41, 5.74) is 0. The Morgan fingerprint density at radius 1 is 1.39 bits per heavy atom. The zero-order chi connectivity index (χ0) is 15.9. The van der Waals surface area contributed by atoms with E-state index in [0.717, 1.165) is 29.4 Å². The molecule has 6 nitrogen and oxygen atoms in total. The summed E-state index contributed by atoms with van der Waals surface area (Å²) >= 11 is 1.98. The summed E-state index contributed by atoms with van der Waals surface area (Å²) in [5, 5.41) is 15.9. The predicted molar refractivity (Wildman–Crippen MR) is 109 cm³/mol. The van der Waals surface area contributed by atoms with Gasteiger partial charge < -0.3 is 15.2 Å². The topological polar surface area (TPSA) is 67.1 Å². The van der Waals surface area contributed by atoms with Gasteiger partial charge in [0.1, 0.15) is 12.4 Å². The molecule has 1 aliphatic carbocycles. The number of aliphatic imine (C=N–C) groups is 1. The minimum atomic E-state index is 0. The lowest BCUT2D eigenvalue weighted by Gasteiger charge is -2.29. The van der Waals surface area contributed by atoms with Crippen molar-refractivity contribution in [2.24, 2.45) is 12.0 Å². The molecule has 0 aliphatic heterocycles. The molecule has 1 aliphatic rings. The lowest BCUT2D eigenvalue weighted by atomic mass is 9.95. The normalized spacial score (nSPS) is 21.7. The molecular weight excluding hydrogens is 423 g/mol. The third-order valence-corrected chi connectivity index (χ3v) is 5.30. The summed E-state index contributed by atoms with van der Waals surface area (Å²) in [7, 11) is 1.98. The summed E-state index contributed by atoms with van der Waals surface area (Å²) in [6.07, 6.45) is 7.29. The molecule has 1 saturated carbocycles. The summed E-state index contributed by atoms with van der Waals surface area (Å²) in [5.74, 6) is 2.69. The standard InChI is InChI=1S/C15H28N6S.HI/c1-5-16-15(17-10-14-20-19-11(2)21(14)3)18-12-7-6-8-13(9-12)22-4;/h12-13H,5-10H2,1-4H3,(H2,16,17,18);1H. The molecule has 0 radical (unpaired) electrons. The number of nitrogens with one attached hydrogen (secondary N) is 2. The van der Waals surface area contributed by atoms with Gasteiger partial charge in [-0.3, -0.25) is 0 Å². The molecule has 0 spiro atoms. The first kappa shape index (κ1) is 20.5. The van der Waals surface area contributed by atoms with Crippen molar-refractivity contribution in [1.29, 1.82) is 0 Å². The van der Waals surface area contributed by atoms with Crippen LogP contribution in [-0.2, 0) is 13.6 Å². The summed E-state index contributed by atoms with van der Waals surface area (Å²) in [6.45, 7) is 5.46. The van der Waals surface area contributed by atoms with Gasteiger partial charge in [-0.25, -0.2) is 4.99 Å². The van der Waals surface area contributed by atoms with Crippen LogP contribution in [0.1, 0.15) is 44.3 Å². The number of hydrogen-bond donors (Lipinski definition) is 2. The number of rotatable bonds is 5. The molecule has 0 amide bonds. The SMILES string of the molecule is CCNC(=NCc1nnc(C)n1C)NC1CCCC(SC)C1.I. The Labute approximate surface area is 160 Å². The Bertz CT molecular complexity index is 504. The van der Waals surface area contributed by atoms with E-state index in [9.17, 15) is 0 Å². The van der Waals surface area contributed by atoms with E-state index in [1.807, 2.05) is 30.3 Å². The predicted octanol–water partition coefficient (Wildman–Crippen LogP) is 2.47. The van der Waals surface area contributed by atoms with E-state index < -0.39 is 0 Å². The molecule has 8 heteroatoms. The summed E-state index contributed by atoms with van der Waals surface area (Å²) in [4.78, 5) is 4.67. The molecule has 2 rings (SSSR count). The smallest absolute Gasteiger partial charge is 0.191 e. The van der Waals surface area contributed by atoms with Crippen LogP contribution in [0.3, 0.4) is 0 Å². The number of nitrogens with zero attached hydrogens (tertiary/aromatic N) is 4. The zero-order valence-corrected chi connectivity index (χ0v) is 17.6. The quantitative estimate of drug-likeness (QED) is 0.408. The third kappa shape index (κ3) is 6.13. The molecule has 132 valence electrons. The second-order valence-corrected chi connectivity index (χ2v) is 6.92. The molecule has 0 bridgehead atoms. The number of aromatic nitrogens is 3. The second-order valence-electron chi connectivity index (χ2n) is 5.78. The lowest BCUT2D eigenvalue weighted by Crippen LogP contribution is -2.45. The Balaban J connectivity index is 0.00000264. The summed E-state index contributed by atoms with van der Waals surface area (Å²) in [6, 6.07) is 0.519. The fourth-order valence-electron chi connectivity index (χ4n) is 2.74. The average Bonchev–Trinajstić information content (AvgIpc) is 2.85. The van der Waals surface area contributed by atoms with Crippen LogP contribution in [0, 0.1) is 6.92 Å². The van der Waals surface area contributed by atoms with Gasteiger partial charge >= 0.3 is 0 Å². The molecule has 1 heterocycles. The monoisotopic (exact) mass is 452 g/mol. The van der Waals surface area contributed by atoms with Crippen molar-refractivity contribution in [3.05, 3.63) is 11.6 Å². The van der Waals surface area contributed by atoms with E-state index in [2.05, 4.69) is 39.0 Å². The van der Waals surface area contributed by atoms with Crippen LogP contribution >= 0.6 is 35.7 Å². The number of thioether (sulfide) groups is 1. The van der Waals surface area contributed by atoms with E-state index in [-0.39, 0.29) is 24.0 Å². The van der Waals surface area contributed by atoms with Gasteiger partial charge in [0.2, 0.25) is 0 Å². The highest BCUT2D eigenvalue weighted by Gasteiger charge is 2.21. The first-order valence-corrected chi connectivity index (χ1v) is 9.35. The Morgan fingerprint density at radius 3 is 2.78 bits per heavy atom. The van der Waals surface area contributed by atoms with Gasteiger partial charge in [-0.1, -0.05) is 6.42 Å². The van der Waals surface area contributed by atoms with Crippen molar-refractivity contribution < 1.29 is 0 Å². The van der Waals surface area contributed by atoms with Crippen LogP contribution in [0.5, 0.6) is 0 Å². The van der Waals surface area contributed by atoms with Gasteiger partial charge in [0.15, 0.2) is 11.8 Å². The van der Waals surface area contributed by atoms with Gasteiger partial charge in [-0.05, 0) is 39.4 Å². The largest absolute Gasteiger partial charge is 0.357 e. The molecule has 0 aromatic carbocycles. The highest BCUT2D eigenvalue weighted by Crippen LogP contribution is 2.26. The zero-order valence-electron chi connectivity index (χ0n) is 14.5. The Morgan fingerprint density at radius 2 is 2.17 bits per heavy atom. The van der Waals surface area contributed by atoms with Crippen molar-refractivity contribution in [2.45, 2.75) is 57.4 Å². The van der Waals surface area contributed by atoms with Gasteiger partial charge in [0.05, 0.1) is 0 Å². The molecule has 1 aromatic rings. The first-order chi connectivity index (χ1) is 10.6. The van der Waals surface area contributed by atoms with Crippen molar-refractivity contribution in [2.75, 3.05) is 12.8 Å².